The van der Waals surface area contributed by atoms with Gasteiger partial charge < -0.3 is 23.7 Å². The molecule has 0 amide bonds. The van der Waals surface area contributed by atoms with E-state index in [1.165, 1.54) is 0 Å². The maximum absolute atomic E-state index is 9.75. The van der Waals surface area contributed by atoms with E-state index in [0.29, 0.717) is 34.6 Å². The number of oxazole rings is 1. The minimum atomic E-state index is -0.175. The first-order valence-corrected chi connectivity index (χ1v) is 11.8. The number of hydrogen-bond acceptors (Lipinski definition) is 7. The molecule has 0 aliphatic carbocycles. The third kappa shape index (κ3) is 5.49. The van der Waals surface area contributed by atoms with E-state index in [1.54, 1.807) is 18.0 Å². The lowest BCUT2D eigenvalue weighted by Gasteiger charge is -2.12. The summed E-state index contributed by atoms with van der Waals surface area (Å²) in [6, 6.07) is 25.0. The summed E-state index contributed by atoms with van der Waals surface area (Å²) < 4.78 is 25.0. The molecule has 0 bridgehead atoms. The molecule has 2 heterocycles. The van der Waals surface area contributed by atoms with Gasteiger partial charge in [-0.1, -0.05) is 42.5 Å². The highest BCUT2D eigenvalue weighted by Gasteiger charge is 2.15. The largest absolute Gasteiger partial charge is 0.493 e. The van der Waals surface area contributed by atoms with Crippen molar-refractivity contribution >= 4 is 0 Å². The Morgan fingerprint density at radius 3 is 2.38 bits per heavy atom. The van der Waals surface area contributed by atoms with Crippen molar-refractivity contribution in [3.05, 3.63) is 108 Å². The molecule has 0 atom stereocenters. The van der Waals surface area contributed by atoms with Crippen LogP contribution in [0.25, 0.3) is 17.1 Å². The summed E-state index contributed by atoms with van der Waals surface area (Å²) in [7, 11) is 1.59. The van der Waals surface area contributed by atoms with Crippen molar-refractivity contribution in [3.63, 3.8) is 0 Å². The zero-order valence-corrected chi connectivity index (χ0v) is 20.6. The lowest BCUT2D eigenvalue weighted by molar-refractivity contribution is 0.254. The van der Waals surface area contributed by atoms with Gasteiger partial charge in [0, 0.05) is 11.8 Å². The molecule has 2 aromatic heterocycles. The second-order valence-corrected chi connectivity index (χ2v) is 8.35. The highest BCUT2D eigenvalue weighted by molar-refractivity contribution is 5.53. The fourth-order valence-corrected chi connectivity index (χ4v) is 3.82. The molecule has 0 radical (unpaired) electrons. The number of aryl methyl sites for hydroxylation is 1. The molecule has 8 heteroatoms. The molecule has 0 aliphatic heterocycles. The van der Waals surface area contributed by atoms with Gasteiger partial charge in [0.2, 0.25) is 11.8 Å². The Morgan fingerprint density at radius 1 is 0.892 bits per heavy atom. The molecule has 0 fully saturated rings. The predicted molar refractivity (Wildman–Crippen MR) is 138 cm³/mol. The minimum Gasteiger partial charge on any atom is -0.493 e. The molecule has 37 heavy (non-hydrogen) atoms. The fourth-order valence-electron chi connectivity index (χ4n) is 3.82. The maximum Gasteiger partial charge on any atom is 0.239 e. The van der Waals surface area contributed by atoms with Crippen LogP contribution in [0.15, 0.2) is 89.5 Å². The van der Waals surface area contributed by atoms with E-state index < -0.39 is 0 Å². The number of aliphatic hydroxyl groups is 1. The lowest BCUT2D eigenvalue weighted by atomic mass is 10.2. The van der Waals surface area contributed by atoms with E-state index in [4.69, 9.17) is 18.6 Å². The molecule has 0 saturated carbocycles. The van der Waals surface area contributed by atoms with E-state index in [2.05, 4.69) is 10.1 Å². The Labute approximate surface area is 214 Å². The SMILES string of the molecule is COc1cc(COc2nn(-c3ccccc3)cc2CO)ccc1OCc1nc(-c2ccccc2)oc1C. The van der Waals surface area contributed by atoms with Crippen LogP contribution in [-0.2, 0) is 19.8 Å². The summed E-state index contributed by atoms with van der Waals surface area (Å²) in [5, 5.41) is 14.2. The number of benzene rings is 3. The molecular weight excluding hydrogens is 470 g/mol. The number of aliphatic hydroxyl groups excluding tert-OH is 1. The van der Waals surface area contributed by atoms with E-state index in [-0.39, 0.29) is 19.8 Å². The molecule has 8 nitrogen and oxygen atoms in total. The van der Waals surface area contributed by atoms with Crippen LogP contribution in [0, 0.1) is 6.92 Å². The summed E-state index contributed by atoms with van der Waals surface area (Å²) in [6.07, 6.45) is 1.76. The summed E-state index contributed by atoms with van der Waals surface area (Å²) >= 11 is 0. The Morgan fingerprint density at radius 2 is 1.65 bits per heavy atom. The second-order valence-electron chi connectivity index (χ2n) is 8.35. The zero-order valence-electron chi connectivity index (χ0n) is 20.6. The number of ether oxygens (including phenoxy) is 3. The first-order chi connectivity index (χ1) is 18.1. The second kappa shape index (κ2) is 11.0. The Bertz CT molecular complexity index is 1460. The molecule has 0 spiro atoms. The van der Waals surface area contributed by atoms with Gasteiger partial charge in [0.15, 0.2) is 11.5 Å². The molecule has 5 aromatic rings. The van der Waals surface area contributed by atoms with Gasteiger partial charge in [-0.25, -0.2) is 9.67 Å². The van der Waals surface area contributed by atoms with E-state index in [1.807, 2.05) is 85.8 Å². The topological polar surface area (TPSA) is 91.8 Å². The summed E-state index contributed by atoms with van der Waals surface area (Å²) in [5.41, 5.74) is 3.99. The predicted octanol–water partition coefficient (Wildman–Crippen LogP) is 5.49. The molecule has 188 valence electrons. The van der Waals surface area contributed by atoms with Gasteiger partial charge in [-0.3, -0.25) is 0 Å². The molecule has 0 unspecified atom stereocenters. The van der Waals surface area contributed by atoms with Crippen molar-refractivity contribution in [2.75, 3.05) is 7.11 Å². The van der Waals surface area contributed by atoms with E-state index >= 15 is 0 Å². The quantitative estimate of drug-likeness (QED) is 0.273. The van der Waals surface area contributed by atoms with Gasteiger partial charge in [0.05, 0.1) is 25.0 Å². The van der Waals surface area contributed by atoms with Crippen LogP contribution in [0.1, 0.15) is 22.6 Å². The van der Waals surface area contributed by atoms with Gasteiger partial charge in [-0.2, -0.15) is 0 Å². The van der Waals surface area contributed by atoms with Gasteiger partial charge in [0.1, 0.15) is 24.7 Å². The van der Waals surface area contributed by atoms with Crippen molar-refractivity contribution in [1.82, 2.24) is 14.8 Å². The third-order valence-corrected chi connectivity index (χ3v) is 5.82. The van der Waals surface area contributed by atoms with Crippen LogP contribution >= 0.6 is 0 Å². The van der Waals surface area contributed by atoms with E-state index in [0.717, 1.165) is 22.5 Å². The van der Waals surface area contributed by atoms with Crippen molar-refractivity contribution in [2.45, 2.75) is 26.7 Å². The molecular formula is C29H27N3O5. The molecule has 3 aromatic carbocycles. The highest BCUT2D eigenvalue weighted by Crippen LogP contribution is 2.30. The third-order valence-electron chi connectivity index (χ3n) is 5.82. The smallest absolute Gasteiger partial charge is 0.239 e. The summed E-state index contributed by atoms with van der Waals surface area (Å²) in [6.45, 7) is 2.19. The zero-order chi connectivity index (χ0) is 25.6. The van der Waals surface area contributed by atoms with Crippen LogP contribution < -0.4 is 14.2 Å². The van der Waals surface area contributed by atoms with Crippen LogP contribution in [0.4, 0.5) is 0 Å². The number of hydrogen-bond donors (Lipinski definition) is 1. The maximum atomic E-state index is 9.75. The summed E-state index contributed by atoms with van der Waals surface area (Å²) in [5.74, 6) is 2.80. The van der Waals surface area contributed by atoms with Gasteiger partial charge >= 0.3 is 0 Å². The Hall–Kier alpha value is -4.56. The van der Waals surface area contributed by atoms with Crippen LogP contribution in [0.5, 0.6) is 17.4 Å². The van der Waals surface area contributed by atoms with Crippen LogP contribution in [0.3, 0.4) is 0 Å². The summed E-state index contributed by atoms with van der Waals surface area (Å²) in [4.78, 5) is 4.59. The minimum absolute atomic E-state index is 0.175. The number of methoxy groups -OCH3 is 1. The van der Waals surface area contributed by atoms with E-state index in [9.17, 15) is 5.11 Å². The number of para-hydroxylation sites is 1. The normalized spacial score (nSPS) is 10.9. The fraction of sp³-hybridized carbons (Fsp3) is 0.172. The molecule has 0 saturated heterocycles. The van der Waals surface area contributed by atoms with Crippen LogP contribution in [-0.4, -0.2) is 27.0 Å². The van der Waals surface area contributed by atoms with Crippen molar-refractivity contribution in [1.29, 1.82) is 0 Å². The van der Waals surface area contributed by atoms with Crippen molar-refractivity contribution in [2.24, 2.45) is 0 Å². The Kier molecular flexibility index (Phi) is 7.19. The molecule has 5 rings (SSSR count). The number of aromatic nitrogens is 3. The van der Waals surface area contributed by atoms with Crippen molar-refractivity contribution in [3.8, 4) is 34.5 Å². The molecule has 1 N–H and O–H groups in total. The lowest BCUT2D eigenvalue weighted by Crippen LogP contribution is -2.02. The Balaban J connectivity index is 1.25. The van der Waals surface area contributed by atoms with Gasteiger partial charge in [-0.05, 0) is 48.9 Å². The number of rotatable bonds is 10. The van der Waals surface area contributed by atoms with Crippen LogP contribution in [0.2, 0.25) is 0 Å². The van der Waals surface area contributed by atoms with Gasteiger partial charge in [0.25, 0.3) is 0 Å². The first-order valence-electron chi connectivity index (χ1n) is 11.8. The monoisotopic (exact) mass is 497 g/mol. The van der Waals surface area contributed by atoms with Crippen molar-refractivity contribution < 1.29 is 23.7 Å². The average Bonchev–Trinajstić information content (AvgIpc) is 3.55. The van der Waals surface area contributed by atoms with Gasteiger partial charge in [-0.15, -0.1) is 5.10 Å². The average molecular weight is 498 g/mol. The first kappa shape index (κ1) is 24.1. The molecule has 0 aliphatic rings. The number of nitrogens with zero attached hydrogens (tertiary/aromatic N) is 3. The standard InChI is InChI=1S/C29H27N3O5/c1-20-25(30-28(37-20)22-9-5-3-6-10-22)19-35-26-14-13-21(15-27(26)34-2)18-36-29-23(17-33)16-32(31-29)24-11-7-4-8-12-24/h3-16,33H,17-19H2,1-2H3. The highest BCUT2D eigenvalue weighted by atomic mass is 16.5.